The summed E-state index contributed by atoms with van der Waals surface area (Å²) in [5, 5.41) is 3.29. The van der Waals surface area contributed by atoms with Gasteiger partial charge < -0.3 is 14.8 Å². The Kier molecular flexibility index (Phi) is 6.21. The largest absolute Gasteiger partial charge is 0.352 e. The lowest BCUT2D eigenvalue weighted by molar-refractivity contribution is -0.151. The van der Waals surface area contributed by atoms with Crippen molar-refractivity contribution in [2.75, 3.05) is 0 Å². The molecule has 1 spiro atoms. The molecule has 5 heteroatoms. The molecule has 7 atom stereocenters. The third-order valence-electron chi connectivity index (χ3n) is 8.29. The summed E-state index contributed by atoms with van der Waals surface area (Å²) in [4.78, 5) is 27.9. The maximum absolute atomic E-state index is 14.1. The lowest BCUT2D eigenvalue weighted by Gasteiger charge is -2.45. The summed E-state index contributed by atoms with van der Waals surface area (Å²) in [6.07, 6.45) is 7.89. The highest BCUT2D eigenvalue weighted by Gasteiger charge is 2.65. The molecular weight excluding hydrogens is 402 g/mol. The smallest absolute Gasteiger partial charge is 0.235 e. The standard InChI is InChI=1S/C27H41NO4/c1-15(2)12-20-24-18(5)17(4)14-19-13-16(3)8-9-21-22(32-26(6,7)31-21)10-11-23(29)27(19,24)25(30)28-20/h13-15,18-22,24H,8-12H2,1-7H3,(H,28,30)/b16-13+/t18-,19+,20-,21-,22-,24-,27+/m0/s1. The van der Waals surface area contributed by atoms with Gasteiger partial charge in [-0.05, 0) is 65.2 Å². The number of hydrogen-bond donors (Lipinski definition) is 1. The van der Waals surface area contributed by atoms with E-state index < -0.39 is 11.2 Å². The summed E-state index contributed by atoms with van der Waals surface area (Å²) >= 11 is 0. The molecule has 32 heavy (non-hydrogen) atoms. The highest BCUT2D eigenvalue weighted by molar-refractivity contribution is 6.09. The van der Waals surface area contributed by atoms with Crippen molar-refractivity contribution in [2.45, 2.75) is 105 Å². The van der Waals surface area contributed by atoms with E-state index in [2.05, 4.69) is 52.1 Å². The van der Waals surface area contributed by atoms with Crippen LogP contribution in [0.5, 0.6) is 0 Å². The van der Waals surface area contributed by atoms with E-state index in [1.54, 1.807) is 0 Å². The van der Waals surface area contributed by atoms with Gasteiger partial charge in [0.2, 0.25) is 5.91 Å². The van der Waals surface area contributed by atoms with Gasteiger partial charge in [0.25, 0.3) is 0 Å². The number of allylic oxidation sites excluding steroid dienone is 4. The Morgan fingerprint density at radius 3 is 2.31 bits per heavy atom. The second kappa shape index (κ2) is 8.39. The number of ketones is 1. The Morgan fingerprint density at radius 1 is 1.06 bits per heavy atom. The van der Waals surface area contributed by atoms with Crippen molar-refractivity contribution < 1.29 is 19.1 Å². The number of fused-ring (bicyclic) bond motifs is 1. The maximum Gasteiger partial charge on any atom is 0.235 e. The normalized spacial score (nSPS) is 43.4. The minimum atomic E-state index is -1.02. The summed E-state index contributed by atoms with van der Waals surface area (Å²) in [5.41, 5.74) is 1.49. The molecule has 1 N–H and O–H groups in total. The van der Waals surface area contributed by atoms with E-state index in [0.29, 0.717) is 18.8 Å². The second-order valence-corrected chi connectivity index (χ2v) is 11.6. The van der Waals surface area contributed by atoms with E-state index in [9.17, 15) is 9.59 Å². The molecule has 0 saturated carbocycles. The second-order valence-electron chi connectivity index (χ2n) is 11.6. The molecule has 0 radical (unpaired) electrons. The van der Waals surface area contributed by atoms with Crippen LogP contribution in [0.25, 0.3) is 0 Å². The SMILES string of the molecule is CC1=C[C@H]2/C=C(\C)CC[C@@H]3OC(C)(C)O[C@H]3CCC(=O)[C@]23C(=O)N[C@@H](CC(C)C)[C@@H]3[C@H]1C. The van der Waals surface area contributed by atoms with E-state index >= 15 is 0 Å². The van der Waals surface area contributed by atoms with Crippen molar-refractivity contribution >= 4 is 11.7 Å². The lowest BCUT2D eigenvalue weighted by atomic mass is 9.54. The zero-order valence-corrected chi connectivity index (χ0v) is 20.9. The molecule has 0 aromatic carbocycles. The topological polar surface area (TPSA) is 64.6 Å². The van der Waals surface area contributed by atoms with E-state index in [0.717, 1.165) is 19.3 Å². The van der Waals surface area contributed by atoms with E-state index in [4.69, 9.17) is 9.47 Å². The van der Waals surface area contributed by atoms with Gasteiger partial charge in [-0.1, -0.05) is 44.1 Å². The van der Waals surface area contributed by atoms with Gasteiger partial charge in [-0.2, -0.15) is 0 Å². The Labute approximate surface area is 193 Å². The first-order chi connectivity index (χ1) is 15.0. The molecule has 4 aliphatic rings. The van der Waals surface area contributed by atoms with Crippen LogP contribution < -0.4 is 5.32 Å². The molecule has 0 aromatic heterocycles. The summed E-state index contributed by atoms with van der Waals surface area (Å²) < 4.78 is 12.4. The fourth-order valence-electron chi connectivity index (χ4n) is 6.84. The van der Waals surface area contributed by atoms with Gasteiger partial charge in [0, 0.05) is 24.3 Å². The molecule has 2 saturated heterocycles. The quantitative estimate of drug-likeness (QED) is 0.484. The fraction of sp³-hybridized carbons (Fsp3) is 0.778. The number of amides is 1. The molecule has 2 aliphatic heterocycles. The predicted molar refractivity (Wildman–Crippen MR) is 125 cm³/mol. The highest BCUT2D eigenvalue weighted by Crippen LogP contribution is 2.55. The number of rotatable bonds is 2. The number of hydrogen-bond acceptors (Lipinski definition) is 4. The van der Waals surface area contributed by atoms with Crippen LogP contribution in [0.2, 0.25) is 0 Å². The molecule has 0 aromatic rings. The summed E-state index contributed by atoms with van der Waals surface area (Å²) in [5.74, 6) is -0.186. The van der Waals surface area contributed by atoms with Crippen LogP contribution in [0, 0.1) is 29.1 Å². The van der Waals surface area contributed by atoms with E-state index in [-0.39, 0.29) is 47.7 Å². The first-order valence-electron chi connectivity index (χ1n) is 12.5. The van der Waals surface area contributed by atoms with Crippen molar-refractivity contribution in [3.63, 3.8) is 0 Å². The third-order valence-corrected chi connectivity index (χ3v) is 8.29. The zero-order chi connectivity index (χ0) is 23.4. The molecule has 1 amide bonds. The molecule has 5 nitrogen and oxygen atoms in total. The number of carbonyl (C=O) groups is 2. The van der Waals surface area contributed by atoms with E-state index in [1.165, 1.54) is 11.1 Å². The first kappa shape index (κ1) is 23.7. The monoisotopic (exact) mass is 443 g/mol. The first-order valence-corrected chi connectivity index (χ1v) is 12.5. The average Bonchev–Trinajstić information content (AvgIpc) is 3.14. The number of Topliss-reactive ketones (excluding diaryl/α,β-unsaturated/α-hetero) is 1. The molecule has 4 rings (SSSR count). The van der Waals surface area contributed by atoms with Gasteiger partial charge in [0.15, 0.2) is 5.79 Å². The Morgan fingerprint density at radius 2 is 1.69 bits per heavy atom. The summed E-state index contributed by atoms with van der Waals surface area (Å²) in [6, 6.07) is 0.0316. The lowest BCUT2D eigenvalue weighted by Crippen LogP contribution is -2.52. The maximum atomic E-state index is 14.1. The molecule has 178 valence electrons. The predicted octanol–water partition coefficient (Wildman–Crippen LogP) is 4.96. The number of carbonyl (C=O) groups excluding carboxylic acids is 2. The molecular formula is C27H41NO4. The molecule has 2 heterocycles. The van der Waals surface area contributed by atoms with Gasteiger partial charge >= 0.3 is 0 Å². The van der Waals surface area contributed by atoms with Crippen molar-refractivity contribution in [1.29, 1.82) is 0 Å². The number of nitrogens with one attached hydrogen (secondary N) is 1. The minimum Gasteiger partial charge on any atom is -0.352 e. The van der Waals surface area contributed by atoms with Crippen LogP contribution in [-0.2, 0) is 19.1 Å². The minimum absolute atomic E-state index is 0.0160. The molecule has 0 bridgehead atoms. The van der Waals surface area contributed by atoms with Crippen LogP contribution >= 0.6 is 0 Å². The van der Waals surface area contributed by atoms with Gasteiger partial charge in [-0.3, -0.25) is 9.59 Å². The van der Waals surface area contributed by atoms with Crippen molar-refractivity contribution in [2.24, 2.45) is 29.1 Å². The molecule has 2 fully saturated rings. The Hall–Kier alpha value is -1.46. The zero-order valence-electron chi connectivity index (χ0n) is 20.9. The van der Waals surface area contributed by atoms with Crippen LogP contribution in [0.4, 0.5) is 0 Å². The summed E-state index contributed by atoms with van der Waals surface area (Å²) in [7, 11) is 0. The average molecular weight is 444 g/mol. The van der Waals surface area contributed by atoms with Gasteiger partial charge in [-0.25, -0.2) is 0 Å². The van der Waals surface area contributed by atoms with Crippen molar-refractivity contribution in [3.8, 4) is 0 Å². The number of ether oxygens (including phenoxy) is 2. The summed E-state index contributed by atoms with van der Waals surface area (Å²) in [6.45, 7) is 14.7. The van der Waals surface area contributed by atoms with Gasteiger partial charge in [0.05, 0.1) is 12.2 Å². The van der Waals surface area contributed by atoms with Crippen LogP contribution in [0.15, 0.2) is 23.3 Å². The highest BCUT2D eigenvalue weighted by atomic mass is 16.7. The van der Waals surface area contributed by atoms with Crippen LogP contribution in [-0.4, -0.2) is 35.7 Å². The third kappa shape index (κ3) is 3.90. The van der Waals surface area contributed by atoms with Crippen molar-refractivity contribution in [3.05, 3.63) is 23.3 Å². The van der Waals surface area contributed by atoms with Crippen molar-refractivity contribution in [1.82, 2.24) is 5.32 Å². The van der Waals surface area contributed by atoms with Crippen LogP contribution in [0.1, 0.15) is 80.6 Å². The Balaban J connectivity index is 1.78. The van der Waals surface area contributed by atoms with Gasteiger partial charge in [-0.15, -0.1) is 0 Å². The Bertz CT molecular complexity index is 841. The van der Waals surface area contributed by atoms with Crippen LogP contribution in [0.3, 0.4) is 0 Å². The molecule has 0 unspecified atom stereocenters. The fourth-order valence-corrected chi connectivity index (χ4v) is 6.84. The van der Waals surface area contributed by atoms with Gasteiger partial charge in [0.1, 0.15) is 11.2 Å². The molecule has 2 aliphatic carbocycles. The van der Waals surface area contributed by atoms with E-state index in [1.807, 2.05) is 13.8 Å².